The lowest BCUT2D eigenvalue weighted by atomic mass is 10.1. The van der Waals surface area contributed by atoms with Crippen LogP contribution in [0.15, 0.2) is 53.5 Å². The quantitative estimate of drug-likeness (QED) is 0.446. The van der Waals surface area contributed by atoms with E-state index in [2.05, 4.69) is 22.0 Å². The molecule has 1 fully saturated rings. The van der Waals surface area contributed by atoms with Crippen LogP contribution in [0.5, 0.6) is 0 Å². The van der Waals surface area contributed by atoms with Crippen molar-refractivity contribution in [2.75, 3.05) is 26.2 Å². The Kier molecular flexibility index (Phi) is 8.68. The van der Waals surface area contributed by atoms with Gasteiger partial charge in [-0.2, -0.15) is 5.10 Å². The highest BCUT2D eigenvalue weighted by atomic mass is 16.6. The number of allylic oxidation sites excluding steroid dienone is 5. The lowest BCUT2D eigenvalue weighted by molar-refractivity contribution is 0.0176. The Labute approximate surface area is 157 Å². The first-order valence-corrected chi connectivity index (χ1v) is 8.87. The Balaban J connectivity index is 2.34. The van der Waals surface area contributed by atoms with Gasteiger partial charge in [0.05, 0.1) is 0 Å². The van der Waals surface area contributed by atoms with Crippen LogP contribution in [-0.4, -0.2) is 53.9 Å². The average molecular weight is 361 g/mol. The lowest BCUT2D eigenvalue weighted by Gasteiger charge is -2.35. The molecule has 6 heteroatoms. The van der Waals surface area contributed by atoms with Gasteiger partial charge < -0.3 is 14.5 Å². The van der Waals surface area contributed by atoms with Crippen molar-refractivity contribution in [2.24, 2.45) is 5.10 Å². The zero-order valence-corrected chi connectivity index (χ0v) is 16.7. The minimum absolute atomic E-state index is 0.241. The van der Waals surface area contributed by atoms with Crippen molar-refractivity contribution in [1.29, 1.82) is 0 Å². The molecule has 0 aromatic heterocycles. The summed E-state index contributed by atoms with van der Waals surface area (Å²) in [6.45, 7) is 16.2. The molecule has 1 amide bonds. The van der Waals surface area contributed by atoms with E-state index in [9.17, 15) is 4.79 Å². The van der Waals surface area contributed by atoms with Gasteiger partial charge in [0.1, 0.15) is 5.60 Å². The van der Waals surface area contributed by atoms with Gasteiger partial charge in [0, 0.05) is 44.8 Å². The summed E-state index contributed by atoms with van der Waals surface area (Å²) in [7, 11) is 0. The summed E-state index contributed by atoms with van der Waals surface area (Å²) < 4.78 is 5.40. The standard InChI is InChI=1S/C20H32N4O2/c1-7-9-17(2)18(3)16-22-21-10-8-11-23-12-14-24(15-13-23)19(25)26-20(4,5)6/h7-11,16,22H,1,12-15H2,2-6H3/b11-8+,17-9+,18-16+,21-10-. The van der Waals surface area contributed by atoms with Gasteiger partial charge in [-0.1, -0.05) is 18.7 Å². The molecule has 1 heterocycles. The highest BCUT2D eigenvalue weighted by Crippen LogP contribution is 2.12. The fraction of sp³-hybridized carbons (Fsp3) is 0.500. The molecule has 0 spiro atoms. The number of nitrogens with one attached hydrogen (secondary N) is 1. The third-order valence-electron chi connectivity index (χ3n) is 3.77. The molecule has 0 bridgehead atoms. The molecule has 1 N–H and O–H groups in total. The molecule has 0 saturated carbocycles. The van der Waals surface area contributed by atoms with E-state index in [1.165, 1.54) is 0 Å². The van der Waals surface area contributed by atoms with E-state index in [1.54, 1.807) is 17.2 Å². The lowest BCUT2D eigenvalue weighted by Crippen LogP contribution is -2.48. The maximum absolute atomic E-state index is 12.0. The Morgan fingerprint density at radius 2 is 1.81 bits per heavy atom. The number of hydrazone groups is 1. The summed E-state index contributed by atoms with van der Waals surface area (Å²) in [6, 6.07) is 0. The number of nitrogens with zero attached hydrogens (tertiary/aromatic N) is 3. The van der Waals surface area contributed by atoms with Crippen LogP contribution in [0.25, 0.3) is 0 Å². The second-order valence-corrected chi connectivity index (χ2v) is 7.16. The van der Waals surface area contributed by atoms with E-state index in [-0.39, 0.29) is 6.09 Å². The Morgan fingerprint density at radius 1 is 1.15 bits per heavy atom. The zero-order chi connectivity index (χ0) is 19.6. The number of piperazine rings is 1. The van der Waals surface area contributed by atoms with Crippen LogP contribution in [0.2, 0.25) is 0 Å². The van der Waals surface area contributed by atoms with Crippen molar-refractivity contribution >= 4 is 12.3 Å². The van der Waals surface area contributed by atoms with E-state index in [0.29, 0.717) is 13.1 Å². The molecule has 1 aliphatic heterocycles. The normalized spacial score (nSPS) is 17.1. The van der Waals surface area contributed by atoms with Crippen LogP contribution in [0.4, 0.5) is 4.79 Å². The van der Waals surface area contributed by atoms with Gasteiger partial charge in [0.2, 0.25) is 0 Å². The van der Waals surface area contributed by atoms with Crippen molar-refractivity contribution < 1.29 is 9.53 Å². The predicted molar refractivity (Wildman–Crippen MR) is 108 cm³/mol. The molecule has 0 aromatic carbocycles. The number of hydrogen-bond donors (Lipinski definition) is 1. The van der Waals surface area contributed by atoms with Crippen molar-refractivity contribution in [3.8, 4) is 0 Å². The minimum Gasteiger partial charge on any atom is -0.444 e. The van der Waals surface area contributed by atoms with Crippen molar-refractivity contribution in [1.82, 2.24) is 15.2 Å². The monoisotopic (exact) mass is 360 g/mol. The second kappa shape index (κ2) is 10.5. The SMILES string of the molecule is C=C/C=C(C)/C(C)=C/N/N=C\C=C\N1CCN(C(=O)OC(C)(C)C)CC1. The summed E-state index contributed by atoms with van der Waals surface area (Å²) in [5.74, 6) is 0. The average Bonchev–Trinajstić information content (AvgIpc) is 2.57. The molecule has 0 unspecified atom stereocenters. The topological polar surface area (TPSA) is 57.2 Å². The van der Waals surface area contributed by atoms with Crippen LogP contribution in [0, 0.1) is 0 Å². The van der Waals surface area contributed by atoms with Gasteiger partial charge in [0.25, 0.3) is 0 Å². The summed E-state index contributed by atoms with van der Waals surface area (Å²) >= 11 is 0. The van der Waals surface area contributed by atoms with Crippen LogP contribution in [0.3, 0.4) is 0 Å². The molecule has 0 radical (unpaired) electrons. The summed E-state index contributed by atoms with van der Waals surface area (Å²) in [5, 5.41) is 4.12. The molecular weight excluding hydrogens is 328 g/mol. The fourth-order valence-corrected chi connectivity index (χ4v) is 2.18. The predicted octanol–water partition coefficient (Wildman–Crippen LogP) is 3.66. The minimum atomic E-state index is -0.454. The maximum atomic E-state index is 12.0. The van der Waals surface area contributed by atoms with E-state index in [4.69, 9.17) is 4.74 Å². The molecule has 0 atom stereocenters. The van der Waals surface area contributed by atoms with Gasteiger partial charge in [-0.15, -0.1) is 0 Å². The summed E-state index contributed by atoms with van der Waals surface area (Å²) in [4.78, 5) is 15.9. The molecule has 0 aromatic rings. The number of carbonyl (C=O) groups excluding carboxylic acids is 1. The second-order valence-electron chi connectivity index (χ2n) is 7.16. The maximum Gasteiger partial charge on any atom is 0.410 e. The zero-order valence-electron chi connectivity index (χ0n) is 16.7. The van der Waals surface area contributed by atoms with Crippen LogP contribution < -0.4 is 5.43 Å². The molecule has 6 nitrogen and oxygen atoms in total. The molecule has 0 aliphatic carbocycles. The highest BCUT2D eigenvalue weighted by molar-refractivity contribution is 5.70. The fourth-order valence-electron chi connectivity index (χ4n) is 2.18. The molecule has 1 rings (SSSR count). The molecule has 1 aliphatic rings. The first-order chi connectivity index (χ1) is 12.2. The van der Waals surface area contributed by atoms with E-state index < -0.39 is 5.60 Å². The van der Waals surface area contributed by atoms with Crippen LogP contribution >= 0.6 is 0 Å². The van der Waals surface area contributed by atoms with E-state index >= 15 is 0 Å². The number of rotatable bonds is 6. The first kappa shape index (κ1) is 21.5. The van der Waals surface area contributed by atoms with E-state index in [1.807, 2.05) is 59.2 Å². The first-order valence-electron chi connectivity index (χ1n) is 8.87. The number of carbonyl (C=O) groups is 1. The molecule has 26 heavy (non-hydrogen) atoms. The third kappa shape index (κ3) is 8.55. The molecule has 1 saturated heterocycles. The van der Waals surface area contributed by atoms with Gasteiger partial charge in [-0.3, -0.25) is 5.43 Å². The Morgan fingerprint density at radius 3 is 2.38 bits per heavy atom. The van der Waals surface area contributed by atoms with Crippen molar-refractivity contribution in [2.45, 2.75) is 40.2 Å². The summed E-state index contributed by atoms with van der Waals surface area (Å²) in [5.41, 5.74) is 4.69. The third-order valence-corrected chi connectivity index (χ3v) is 3.77. The number of ether oxygens (including phenoxy) is 1. The van der Waals surface area contributed by atoms with E-state index in [0.717, 1.165) is 24.2 Å². The van der Waals surface area contributed by atoms with Crippen LogP contribution in [-0.2, 0) is 4.74 Å². The molecule has 144 valence electrons. The van der Waals surface area contributed by atoms with Gasteiger partial charge in [-0.05, 0) is 51.8 Å². The van der Waals surface area contributed by atoms with Gasteiger partial charge in [-0.25, -0.2) is 4.79 Å². The van der Waals surface area contributed by atoms with Crippen molar-refractivity contribution in [3.63, 3.8) is 0 Å². The largest absolute Gasteiger partial charge is 0.444 e. The smallest absolute Gasteiger partial charge is 0.410 e. The van der Waals surface area contributed by atoms with Gasteiger partial charge >= 0.3 is 6.09 Å². The highest BCUT2D eigenvalue weighted by Gasteiger charge is 2.24. The number of amides is 1. The van der Waals surface area contributed by atoms with Crippen molar-refractivity contribution in [3.05, 3.63) is 48.4 Å². The molecular formula is C20H32N4O2. The van der Waals surface area contributed by atoms with Gasteiger partial charge in [0.15, 0.2) is 0 Å². The van der Waals surface area contributed by atoms with Crippen LogP contribution in [0.1, 0.15) is 34.6 Å². The Hall–Kier alpha value is -2.50. The Bertz CT molecular complexity index is 589. The number of hydrogen-bond acceptors (Lipinski definition) is 5. The summed E-state index contributed by atoms with van der Waals surface area (Å²) in [6.07, 6.45) is 10.9.